The largest absolute Gasteiger partial charge is 0.416 e. The van der Waals surface area contributed by atoms with Crippen LogP contribution in [0.5, 0.6) is 0 Å². The Morgan fingerprint density at radius 1 is 1.10 bits per heavy atom. The molecule has 6 nitrogen and oxygen atoms in total. The highest BCUT2D eigenvalue weighted by molar-refractivity contribution is 5.95. The number of rotatable bonds is 2. The molecule has 1 N–H and O–H groups in total. The van der Waals surface area contributed by atoms with Crippen LogP contribution >= 0.6 is 0 Å². The van der Waals surface area contributed by atoms with Crippen molar-refractivity contribution in [1.82, 2.24) is 19.3 Å². The Kier molecular flexibility index (Phi) is 4.18. The summed E-state index contributed by atoms with van der Waals surface area (Å²) in [6.45, 7) is 1.73. The van der Waals surface area contributed by atoms with E-state index < -0.39 is 17.7 Å². The van der Waals surface area contributed by atoms with Gasteiger partial charge in [0.1, 0.15) is 5.82 Å². The molecule has 2 aromatic carbocycles. The molecule has 5 rings (SSSR count). The smallest absolute Gasteiger partial charge is 0.311 e. The number of anilines is 1. The molecule has 1 aliphatic rings. The first-order chi connectivity index (χ1) is 14.8. The summed E-state index contributed by atoms with van der Waals surface area (Å²) >= 11 is 0. The molecule has 31 heavy (non-hydrogen) atoms. The number of hydrogen-bond acceptors (Lipinski definition) is 3. The Morgan fingerprint density at radius 2 is 1.81 bits per heavy atom. The van der Waals surface area contributed by atoms with Gasteiger partial charge >= 0.3 is 6.18 Å². The fraction of sp³-hybridized carbons (Fsp3) is 0.227. The van der Waals surface area contributed by atoms with Crippen molar-refractivity contribution in [3.63, 3.8) is 0 Å². The van der Waals surface area contributed by atoms with E-state index in [0.29, 0.717) is 23.0 Å². The van der Waals surface area contributed by atoms with Gasteiger partial charge in [0.2, 0.25) is 11.9 Å². The van der Waals surface area contributed by atoms with Crippen LogP contribution in [0.3, 0.4) is 0 Å². The Labute approximate surface area is 175 Å². The predicted octanol–water partition coefficient (Wildman–Crippen LogP) is 4.56. The highest BCUT2D eigenvalue weighted by atomic mass is 19.4. The van der Waals surface area contributed by atoms with Gasteiger partial charge in [0, 0.05) is 24.9 Å². The van der Waals surface area contributed by atoms with E-state index in [1.807, 2.05) is 35.9 Å². The molecule has 0 spiro atoms. The van der Waals surface area contributed by atoms with E-state index in [9.17, 15) is 18.0 Å². The lowest BCUT2D eigenvalue weighted by Gasteiger charge is -2.26. The first kappa shape index (κ1) is 19.3. The van der Waals surface area contributed by atoms with Crippen molar-refractivity contribution in [3.8, 4) is 5.95 Å². The van der Waals surface area contributed by atoms with Crippen LogP contribution in [0.1, 0.15) is 34.7 Å². The molecule has 9 heteroatoms. The molecule has 0 saturated carbocycles. The first-order valence-corrected chi connectivity index (χ1v) is 9.73. The van der Waals surface area contributed by atoms with Crippen molar-refractivity contribution in [2.45, 2.75) is 25.4 Å². The average Bonchev–Trinajstić information content (AvgIpc) is 3.24. The summed E-state index contributed by atoms with van der Waals surface area (Å²) in [5.41, 5.74) is 2.07. The van der Waals surface area contributed by atoms with Crippen LogP contribution in [0.2, 0.25) is 0 Å². The van der Waals surface area contributed by atoms with E-state index in [1.54, 1.807) is 13.0 Å². The fourth-order valence-corrected chi connectivity index (χ4v) is 4.34. The number of alkyl halides is 3. The minimum atomic E-state index is -4.52. The van der Waals surface area contributed by atoms with Crippen molar-refractivity contribution < 1.29 is 18.0 Å². The molecular formula is C22H18F3N5O. The molecule has 0 radical (unpaired) electrons. The molecular weight excluding hydrogens is 407 g/mol. The summed E-state index contributed by atoms with van der Waals surface area (Å²) in [7, 11) is 1.83. The molecule has 4 aromatic rings. The van der Waals surface area contributed by atoms with Crippen molar-refractivity contribution in [2.75, 3.05) is 5.32 Å². The summed E-state index contributed by atoms with van der Waals surface area (Å²) in [6.07, 6.45) is -4.61. The summed E-state index contributed by atoms with van der Waals surface area (Å²) < 4.78 is 44.4. The van der Waals surface area contributed by atoms with Gasteiger partial charge in [-0.2, -0.15) is 23.0 Å². The van der Waals surface area contributed by atoms with Crippen LogP contribution in [0, 0.1) is 6.92 Å². The molecule has 3 heterocycles. The average molecular weight is 425 g/mol. The zero-order valence-electron chi connectivity index (χ0n) is 16.7. The third-order valence-electron chi connectivity index (χ3n) is 5.70. The summed E-state index contributed by atoms with van der Waals surface area (Å²) in [5, 5.41) is 7.36. The molecule has 0 saturated heterocycles. The van der Waals surface area contributed by atoms with E-state index in [4.69, 9.17) is 0 Å². The van der Waals surface area contributed by atoms with Gasteiger partial charge in [0.05, 0.1) is 22.3 Å². The molecule has 0 aliphatic carbocycles. The maximum Gasteiger partial charge on any atom is 0.416 e. The van der Waals surface area contributed by atoms with Gasteiger partial charge in [0.25, 0.3) is 0 Å². The van der Waals surface area contributed by atoms with Crippen LogP contribution in [0.25, 0.3) is 17.0 Å². The number of hydrogen-bond donors (Lipinski definition) is 1. The van der Waals surface area contributed by atoms with Crippen LogP contribution < -0.4 is 5.32 Å². The van der Waals surface area contributed by atoms with E-state index in [1.165, 1.54) is 16.8 Å². The lowest BCUT2D eigenvalue weighted by molar-refractivity contribution is -0.138. The Bertz CT molecular complexity index is 1330. The number of aromatic nitrogens is 4. The highest BCUT2D eigenvalue weighted by Crippen LogP contribution is 2.44. The minimum Gasteiger partial charge on any atom is -0.311 e. The molecule has 158 valence electrons. The second-order valence-electron chi connectivity index (χ2n) is 7.61. The van der Waals surface area contributed by atoms with E-state index in [0.717, 1.165) is 17.1 Å². The maximum absolute atomic E-state index is 13.7. The number of para-hydroxylation sites is 2. The van der Waals surface area contributed by atoms with Crippen molar-refractivity contribution in [2.24, 2.45) is 7.05 Å². The second kappa shape index (κ2) is 6.69. The summed E-state index contributed by atoms with van der Waals surface area (Å²) in [6, 6.07) is 12.9. The highest BCUT2D eigenvalue weighted by Gasteiger charge is 2.40. The Balaban J connectivity index is 1.73. The number of halogens is 3. The standard InChI is InChI=1S/C22H18F3N5O/c1-12-19-14(13-7-3-4-8-15(13)22(23,24)25)11-18(31)27-20(19)30(28-12)21-26-16-9-5-6-10-17(16)29(21)2/h3-10,14H,11H2,1-2H3,(H,27,31)/t14-/m0/s1. The van der Waals surface area contributed by atoms with Crippen molar-refractivity contribution in [1.29, 1.82) is 0 Å². The number of benzene rings is 2. The van der Waals surface area contributed by atoms with Crippen molar-refractivity contribution >= 4 is 22.8 Å². The molecule has 1 atom stereocenters. The van der Waals surface area contributed by atoms with Gasteiger partial charge in [-0.15, -0.1) is 0 Å². The van der Waals surface area contributed by atoms with Gasteiger partial charge < -0.3 is 9.88 Å². The number of nitrogens with one attached hydrogen (secondary N) is 1. The molecule has 1 aliphatic heterocycles. The topological polar surface area (TPSA) is 64.7 Å². The number of nitrogens with zero attached hydrogens (tertiary/aromatic N) is 4. The number of fused-ring (bicyclic) bond motifs is 2. The molecule has 0 bridgehead atoms. The predicted molar refractivity (Wildman–Crippen MR) is 109 cm³/mol. The van der Waals surface area contributed by atoms with Gasteiger partial charge in [-0.05, 0) is 30.7 Å². The van der Waals surface area contributed by atoms with E-state index in [-0.39, 0.29) is 17.9 Å². The third kappa shape index (κ3) is 2.99. The van der Waals surface area contributed by atoms with Gasteiger partial charge in [0.15, 0.2) is 0 Å². The number of amides is 1. The normalized spacial score (nSPS) is 16.4. The lowest BCUT2D eigenvalue weighted by atomic mass is 9.83. The molecule has 0 fully saturated rings. The molecule has 1 amide bonds. The zero-order chi connectivity index (χ0) is 21.9. The third-order valence-corrected chi connectivity index (χ3v) is 5.70. The van der Waals surface area contributed by atoms with Crippen LogP contribution in [-0.4, -0.2) is 25.2 Å². The van der Waals surface area contributed by atoms with E-state index in [2.05, 4.69) is 15.4 Å². The first-order valence-electron chi connectivity index (χ1n) is 9.73. The number of aryl methyl sites for hydroxylation is 2. The quantitative estimate of drug-likeness (QED) is 0.512. The number of imidazole rings is 1. The van der Waals surface area contributed by atoms with Crippen LogP contribution in [0.4, 0.5) is 19.0 Å². The SMILES string of the molecule is Cc1nn(-c2nc3ccccc3n2C)c2c1[C@H](c1ccccc1C(F)(F)F)CC(=O)N2. The summed E-state index contributed by atoms with van der Waals surface area (Å²) in [4.78, 5) is 17.2. The Hall–Kier alpha value is -3.62. The molecule has 0 unspecified atom stereocenters. The van der Waals surface area contributed by atoms with Crippen molar-refractivity contribution in [3.05, 3.63) is 70.9 Å². The van der Waals surface area contributed by atoms with Gasteiger partial charge in [-0.1, -0.05) is 30.3 Å². The summed E-state index contributed by atoms with van der Waals surface area (Å²) in [5.74, 6) is -0.302. The zero-order valence-corrected chi connectivity index (χ0v) is 16.7. The molecule has 2 aromatic heterocycles. The lowest BCUT2D eigenvalue weighted by Crippen LogP contribution is -2.26. The van der Waals surface area contributed by atoms with Crippen LogP contribution in [0.15, 0.2) is 48.5 Å². The monoisotopic (exact) mass is 425 g/mol. The van der Waals surface area contributed by atoms with Crippen LogP contribution in [-0.2, 0) is 18.0 Å². The van der Waals surface area contributed by atoms with Gasteiger partial charge in [-0.25, -0.2) is 4.98 Å². The van der Waals surface area contributed by atoms with Gasteiger partial charge in [-0.3, -0.25) is 4.79 Å². The fourth-order valence-electron chi connectivity index (χ4n) is 4.34. The Morgan fingerprint density at radius 3 is 2.55 bits per heavy atom. The second-order valence-corrected chi connectivity index (χ2v) is 7.61. The number of carbonyl (C=O) groups is 1. The van der Waals surface area contributed by atoms with E-state index >= 15 is 0 Å². The number of carbonyl (C=O) groups excluding carboxylic acids is 1. The minimum absolute atomic E-state index is 0.0683. The maximum atomic E-state index is 13.7.